The number of nitrogens with two attached hydrogens (primary N) is 1. The molecule has 0 radical (unpaired) electrons. The molecule has 80 valence electrons. The van der Waals surface area contributed by atoms with Crippen molar-refractivity contribution in [2.45, 2.75) is 0 Å². The number of aromatic nitrogens is 2. The smallest absolute Gasteiger partial charge is 0.191 e. The summed E-state index contributed by atoms with van der Waals surface area (Å²) in [6, 6.07) is 5.99. The summed E-state index contributed by atoms with van der Waals surface area (Å²) in [6.07, 6.45) is 3.38. The number of nitrogens with one attached hydrogen (secondary N) is 1. The number of nitrogen functional groups attached to an aromatic ring is 1. The van der Waals surface area contributed by atoms with Crippen molar-refractivity contribution in [3.63, 3.8) is 0 Å². The van der Waals surface area contributed by atoms with Crippen LogP contribution in [-0.2, 0) is 0 Å². The summed E-state index contributed by atoms with van der Waals surface area (Å²) < 4.78 is 6.17. The number of fused-ring (bicyclic) bond motifs is 1. The maximum atomic E-state index is 5.77. The molecule has 0 bridgehead atoms. The largest absolute Gasteiger partial charge is 0.394 e. The van der Waals surface area contributed by atoms with Crippen molar-refractivity contribution in [2.24, 2.45) is 0 Å². The molecule has 0 saturated carbocycles. The van der Waals surface area contributed by atoms with Crippen LogP contribution in [0.15, 0.2) is 39.6 Å². The number of hydrogen-bond acceptors (Lipinski definition) is 3. The average molecular weight is 278 g/mol. The van der Waals surface area contributed by atoms with Gasteiger partial charge in [0, 0.05) is 27.1 Å². The molecule has 2 heterocycles. The summed E-state index contributed by atoms with van der Waals surface area (Å²) in [6.45, 7) is 0. The standard InChI is InChI=1S/C11H8BrN3O/c12-6-1-2-7-8(4-14-10(7)3-6)11-9(13)5-15-16-11/h1-5,14H,13H2. The van der Waals surface area contributed by atoms with E-state index in [1.807, 2.05) is 24.4 Å². The molecule has 3 aromatic rings. The molecule has 5 heteroatoms. The van der Waals surface area contributed by atoms with Gasteiger partial charge in [-0.15, -0.1) is 0 Å². The Hall–Kier alpha value is -1.75. The van der Waals surface area contributed by atoms with Gasteiger partial charge in [-0.25, -0.2) is 0 Å². The summed E-state index contributed by atoms with van der Waals surface area (Å²) in [4.78, 5) is 3.17. The molecule has 4 nitrogen and oxygen atoms in total. The van der Waals surface area contributed by atoms with Crippen LogP contribution in [0.2, 0.25) is 0 Å². The zero-order valence-corrected chi connectivity index (χ0v) is 9.78. The van der Waals surface area contributed by atoms with Crippen LogP contribution < -0.4 is 5.73 Å². The molecule has 16 heavy (non-hydrogen) atoms. The van der Waals surface area contributed by atoms with Gasteiger partial charge in [0.25, 0.3) is 0 Å². The Labute approximate surface area is 99.6 Å². The molecule has 0 fully saturated rings. The number of benzene rings is 1. The minimum atomic E-state index is 0.545. The molecule has 3 N–H and O–H groups in total. The fraction of sp³-hybridized carbons (Fsp3) is 0. The van der Waals surface area contributed by atoms with Gasteiger partial charge in [-0.1, -0.05) is 27.2 Å². The van der Waals surface area contributed by atoms with Crippen LogP contribution in [-0.4, -0.2) is 10.1 Å². The van der Waals surface area contributed by atoms with E-state index in [1.165, 1.54) is 6.20 Å². The summed E-state index contributed by atoms with van der Waals surface area (Å²) in [5.74, 6) is 0.605. The monoisotopic (exact) mass is 277 g/mol. The highest BCUT2D eigenvalue weighted by Crippen LogP contribution is 2.33. The number of hydrogen-bond donors (Lipinski definition) is 2. The molecule has 0 aliphatic rings. The van der Waals surface area contributed by atoms with Gasteiger partial charge in [0.05, 0.1) is 6.20 Å². The summed E-state index contributed by atoms with van der Waals surface area (Å²) in [5, 5.41) is 4.74. The first-order valence-electron chi connectivity index (χ1n) is 4.73. The van der Waals surface area contributed by atoms with Crippen LogP contribution in [0.25, 0.3) is 22.2 Å². The van der Waals surface area contributed by atoms with E-state index in [1.54, 1.807) is 0 Å². The fourth-order valence-corrected chi connectivity index (χ4v) is 2.10. The third kappa shape index (κ3) is 1.32. The lowest BCUT2D eigenvalue weighted by Gasteiger charge is -1.95. The molecule has 2 aromatic heterocycles. The summed E-state index contributed by atoms with van der Waals surface area (Å²) in [7, 11) is 0. The normalized spacial score (nSPS) is 11.1. The van der Waals surface area contributed by atoms with Gasteiger partial charge in [0.2, 0.25) is 0 Å². The van der Waals surface area contributed by atoms with Crippen molar-refractivity contribution in [3.8, 4) is 11.3 Å². The van der Waals surface area contributed by atoms with E-state index < -0.39 is 0 Å². The molecule has 0 aliphatic heterocycles. The number of rotatable bonds is 1. The van der Waals surface area contributed by atoms with Crippen LogP contribution >= 0.6 is 15.9 Å². The minimum absolute atomic E-state index is 0.545. The van der Waals surface area contributed by atoms with Crippen molar-refractivity contribution < 1.29 is 4.52 Å². The van der Waals surface area contributed by atoms with Gasteiger partial charge >= 0.3 is 0 Å². The minimum Gasteiger partial charge on any atom is -0.394 e. The Kier molecular flexibility index (Phi) is 2.00. The number of anilines is 1. The van der Waals surface area contributed by atoms with Crippen LogP contribution in [0, 0.1) is 0 Å². The van der Waals surface area contributed by atoms with E-state index in [-0.39, 0.29) is 0 Å². The molecule has 0 amide bonds. The Morgan fingerprint density at radius 1 is 1.38 bits per heavy atom. The second kappa shape index (κ2) is 3.38. The van der Waals surface area contributed by atoms with Crippen molar-refractivity contribution >= 4 is 32.5 Å². The average Bonchev–Trinajstić information content (AvgIpc) is 2.83. The number of H-pyrrole nitrogens is 1. The quantitative estimate of drug-likeness (QED) is 0.718. The topological polar surface area (TPSA) is 67.8 Å². The lowest BCUT2D eigenvalue weighted by atomic mass is 10.1. The zero-order chi connectivity index (χ0) is 11.1. The molecular formula is C11H8BrN3O. The first-order valence-corrected chi connectivity index (χ1v) is 5.52. The predicted molar refractivity (Wildman–Crippen MR) is 65.9 cm³/mol. The molecule has 0 saturated heterocycles. The zero-order valence-electron chi connectivity index (χ0n) is 8.20. The van der Waals surface area contributed by atoms with E-state index in [4.69, 9.17) is 10.3 Å². The third-order valence-corrected chi connectivity index (χ3v) is 2.98. The highest BCUT2D eigenvalue weighted by molar-refractivity contribution is 9.10. The Morgan fingerprint density at radius 3 is 3.00 bits per heavy atom. The maximum Gasteiger partial charge on any atom is 0.191 e. The van der Waals surface area contributed by atoms with Gasteiger partial charge in [0.15, 0.2) is 5.76 Å². The molecule has 0 atom stereocenters. The summed E-state index contributed by atoms with van der Waals surface area (Å²) in [5.41, 5.74) is 8.27. The second-order valence-electron chi connectivity index (χ2n) is 3.50. The van der Waals surface area contributed by atoms with Gasteiger partial charge < -0.3 is 15.2 Å². The van der Waals surface area contributed by atoms with Crippen molar-refractivity contribution in [2.75, 3.05) is 5.73 Å². The summed E-state index contributed by atoms with van der Waals surface area (Å²) >= 11 is 3.42. The van der Waals surface area contributed by atoms with Crippen LogP contribution in [0.3, 0.4) is 0 Å². The van der Waals surface area contributed by atoms with Crippen molar-refractivity contribution in [1.82, 2.24) is 10.1 Å². The van der Waals surface area contributed by atoms with Gasteiger partial charge in [0.1, 0.15) is 5.69 Å². The number of aromatic amines is 1. The van der Waals surface area contributed by atoms with E-state index in [0.29, 0.717) is 11.4 Å². The van der Waals surface area contributed by atoms with Crippen LogP contribution in [0.5, 0.6) is 0 Å². The van der Waals surface area contributed by atoms with E-state index in [9.17, 15) is 0 Å². The molecule has 1 aromatic carbocycles. The van der Waals surface area contributed by atoms with E-state index in [0.717, 1.165) is 20.9 Å². The molecule has 0 unspecified atom stereocenters. The predicted octanol–water partition coefficient (Wildman–Crippen LogP) is 3.17. The fourth-order valence-electron chi connectivity index (χ4n) is 1.74. The Bertz CT molecular complexity index is 656. The molecule has 0 aliphatic carbocycles. The van der Waals surface area contributed by atoms with Gasteiger partial charge in [-0.3, -0.25) is 0 Å². The molecule has 3 rings (SSSR count). The van der Waals surface area contributed by atoms with E-state index in [2.05, 4.69) is 26.1 Å². The van der Waals surface area contributed by atoms with Crippen LogP contribution in [0.4, 0.5) is 5.69 Å². The van der Waals surface area contributed by atoms with Crippen molar-refractivity contribution in [1.29, 1.82) is 0 Å². The molecular weight excluding hydrogens is 270 g/mol. The van der Waals surface area contributed by atoms with Crippen LogP contribution in [0.1, 0.15) is 0 Å². The van der Waals surface area contributed by atoms with E-state index >= 15 is 0 Å². The van der Waals surface area contributed by atoms with Crippen molar-refractivity contribution in [3.05, 3.63) is 35.1 Å². The number of halogens is 1. The Morgan fingerprint density at radius 2 is 2.25 bits per heavy atom. The SMILES string of the molecule is Nc1cnoc1-c1c[nH]c2cc(Br)ccc12. The second-order valence-corrected chi connectivity index (χ2v) is 4.42. The first kappa shape index (κ1) is 9.47. The maximum absolute atomic E-state index is 5.77. The first-order chi connectivity index (χ1) is 7.75. The lowest BCUT2D eigenvalue weighted by Crippen LogP contribution is -1.83. The number of nitrogens with zero attached hydrogens (tertiary/aromatic N) is 1. The highest BCUT2D eigenvalue weighted by atomic mass is 79.9. The Balaban J connectivity index is 2.30. The highest BCUT2D eigenvalue weighted by Gasteiger charge is 2.12. The van der Waals surface area contributed by atoms with Gasteiger partial charge in [-0.05, 0) is 12.1 Å². The lowest BCUT2D eigenvalue weighted by molar-refractivity contribution is 0.433. The van der Waals surface area contributed by atoms with Gasteiger partial charge in [-0.2, -0.15) is 0 Å². The molecule has 0 spiro atoms. The third-order valence-electron chi connectivity index (χ3n) is 2.49.